The molecule has 2 unspecified atom stereocenters. The predicted molar refractivity (Wildman–Crippen MR) is 124 cm³/mol. The van der Waals surface area contributed by atoms with Crippen molar-refractivity contribution in [3.63, 3.8) is 0 Å². The summed E-state index contributed by atoms with van der Waals surface area (Å²) in [6.45, 7) is 3.70. The summed E-state index contributed by atoms with van der Waals surface area (Å²) in [6, 6.07) is 4.37. The van der Waals surface area contributed by atoms with Gasteiger partial charge < -0.3 is 15.0 Å². The van der Waals surface area contributed by atoms with Crippen LogP contribution >= 0.6 is 43.5 Å². The van der Waals surface area contributed by atoms with Crippen LogP contribution in [0.1, 0.15) is 36.8 Å². The number of benzene rings is 1. The van der Waals surface area contributed by atoms with Crippen molar-refractivity contribution >= 4 is 55.6 Å². The smallest absolute Gasteiger partial charge is 0.409 e. The summed E-state index contributed by atoms with van der Waals surface area (Å²) in [5, 5.41) is 4.30. The second-order valence-electron chi connectivity index (χ2n) is 7.56. The third kappa shape index (κ3) is 4.17. The number of allylic oxidation sites excluding steroid dienone is 2. The highest BCUT2D eigenvalue weighted by Crippen LogP contribution is 2.46. The first-order chi connectivity index (χ1) is 14.0. The lowest BCUT2D eigenvalue weighted by molar-refractivity contribution is 0.0876. The molecule has 0 aromatic heterocycles. The highest BCUT2D eigenvalue weighted by molar-refractivity contribution is 9.12. The number of hydrogen-bond acceptors (Lipinski definition) is 3. The number of piperidine rings is 1. The first-order valence-corrected chi connectivity index (χ1v) is 11.9. The SMILES string of the molecule is CCOC(=O)N1CCC(C2c3cc(Br)c(Cl)cc3C=C(Br)C3=CC=CNC32)CC1. The number of dihydropyridines is 1. The normalized spacial score (nSPS) is 23.9. The Labute approximate surface area is 193 Å². The summed E-state index contributed by atoms with van der Waals surface area (Å²) >= 11 is 13.8. The van der Waals surface area contributed by atoms with E-state index in [0.717, 1.165) is 40.4 Å². The minimum absolute atomic E-state index is 0.166. The molecule has 1 N–H and O–H groups in total. The Kier molecular flexibility index (Phi) is 6.42. The average Bonchev–Trinajstić information content (AvgIpc) is 2.83. The third-order valence-electron chi connectivity index (χ3n) is 5.96. The van der Waals surface area contributed by atoms with Crippen LogP contribution in [0.4, 0.5) is 4.79 Å². The molecule has 1 amide bonds. The maximum atomic E-state index is 12.1. The van der Waals surface area contributed by atoms with E-state index in [0.29, 0.717) is 17.5 Å². The molecular weight excluding hydrogens is 520 g/mol. The molecule has 0 radical (unpaired) electrons. The van der Waals surface area contributed by atoms with Crippen LogP contribution < -0.4 is 5.32 Å². The minimum atomic E-state index is -0.203. The molecule has 3 aliphatic rings. The second-order valence-corrected chi connectivity index (χ2v) is 9.68. The Bertz CT molecular complexity index is 904. The van der Waals surface area contributed by atoms with Gasteiger partial charge in [0.05, 0.1) is 17.7 Å². The zero-order chi connectivity index (χ0) is 20.5. The van der Waals surface area contributed by atoms with Crippen LogP contribution in [-0.2, 0) is 4.74 Å². The van der Waals surface area contributed by atoms with E-state index >= 15 is 0 Å². The number of likely N-dealkylation sites (tertiary alicyclic amines) is 1. The van der Waals surface area contributed by atoms with Crippen molar-refractivity contribution in [3.8, 4) is 0 Å². The van der Waals surface area contributed by atoms with Gasteiger partial charge in [-0.05, 0) is 88.8 Å². The van der Waals surface area contributed by atoms with Crippen molar-refractivity contribution in [1.82, 2.24) is 10.2 Å². The number of halogens is 3. The number of carbonyl (C=O) groups excluding carboxylic acids is 1. The van der Waals surface area contributed by atoms with E-state index in [4.69, 9.17) is 16.3 Å². The van der Waals surface area contributed by atoms with E-state index in [-0.39, 0.29) is 18.1 Å². The van der Waals surface area contributed by atoms with Crippen LogP contribution in [-0.4, -0.2) is 36.7 Å². The molecule has 2 heterocycles. The van der Waals surface area contributed by atoms with E-state index in [2.05, 4.69) is 55.4 Å². The molecule has 1 aliphatic carbocycles. The summed E-state index contributed by atoms with van der Waals surface area (Å²) < 4.78 is 7.17. The number of amides is 1. The highest BCUT2D eigenvalue weighted by atomic mass is 79.9. The lowest BCUT2D eigenvalue weighted by atomic mass is 9.73. The van der Waals surface area contributed by atoms with E-state index < -0.39 is 0 Å². The Hall–Kier alpha value is -1.24. The fourth-order valence-corrected chi connectivity index (χ4v) is 5.76. The summed E-state index contributed by atoms with van der Waals surface area (Å²) in [5.74, 6) is 0.706. The quantitative estimate of drug-likeness (QED) is 0.483. The fraction of sp³-hybridized carbons (Fsp3) is 0.409. The molecule has 1 aromatic rings. The Morgan fingerprint density at radius 3 is 2.79 bits per heavy atom. The molecule has 4 rings (SSSR count). The fourth-order valence-electron chi connectivity index (χ4n) is 4.60. The number of ether oxygens (including phenoxy) is 1. The summed E-state index contributed by atoms with van der Waals surface area (Å²) in [7, 11) is 0. The van der Waals surface area contributed by atoms with E-state index in [1.54, 1.807) is 0 Å². The van der Waals surface area contributed by atoms with Crippen LogP contribution in [0.3, 0.4) is 0 Å². The van der Waals surface area contributed by atoms with Crippen molar-refractivity contribution in [2.45, 2.75) is 31.7 Å². The lowest BCUT2D eigenvalue weighted by Gasteiger charge is -2.40. The van der Waals surface area contributed by atoms with Crippen molar-refractivity contribution in [2.75, 3.05) is 19.7 Å². The largest absolute Gasteiger partial charge is 0.450 e. The van der Waals surface area contributed by atoms with Gasteiger partial charge in [0.25, 0.3) is 0 Å². The van der Waals surface area contributed by atoms with Crippen LogP contribution in [0.5, 0.6) is 0 Å². The third-order valence-corrected chi connectivity index (χ3v) is 7.84. The Morgan fingerprint density at radius 2 is 2.07 bits per heavy atom. The molecule has 1 saturated heterocycles. The van der Waals surface area contributed by atoms with Crippen molar-refractivity contribution in [3.05, 3.63) is 61.2 Å². The zero-order valence-corrected chi connectivity index (χ0v) is 20.1. The summed E-state index contributed by atoms with van der Waals surface area (Å²) in [6.07, 6.45) is 10.1. The molecule has 154 valence electrons. The Balaban J connectivity index is 1.69. The van der Waals surface area contributed by atoms with Crippen molar-refractivity contribution in [1.29, 1.82) is 0 Å². The van der Waals surface area contributed by atoms with Gasteiger partial charge >= 0.3 is 6.09 Å². The number of rotatable bonds is 2. The first-order valence-electron chi connectivity index (χ1n) is 9.90. The molecule has 1 aromatic carbocycles. The predicted octanol–water partition coefficient (Wildman–Crippen LogP) is 6.22. The molecule has 0 saturated carbocycles. The average molecular weight is 543 g/mol. The van der Waals surface area contributed by atoms with Gasteiger partial charge in [0.2, 0.25) is 0 Å². The van der Waals surface area contributed by atoms with Crippen molar-refractivity contribution in [2.24, 2.45) is 5.92 Å². The van der Waals surface area contributed by atoms with Crippen LogP contribution in [0.15, 0.2) is 45.0 Å². The van der Waals surface area contributed by atoms with E-state index in [9.17, 15) is 4.79 Å². The Morgan fingerprint density at radius 1 is 1.31 bits per heavy atom. The maximum Gasteiger partial charge on any atom is 0.409 e. The molecule has 29 heavy (non-hydrogen) atoms. The molecule has 0 spiro atoms. The molecule has 2 aliphatic heterocycles. The molecular formula is C22H23Br2ClN2O2. The van der Waals surface area contributed by atoms with E-state index in [1.165, 1.54) is 11.1 Å². The summed E-state index contributed by atoms with van der Waals surface area (Å²) in [4.78, 5) is 14.0. The molecule has 7 heteroatoms. The van der Waals surface area contributed by atoms with Gasteiger partial charge in [0.1, 0.15) is 0 Å². The van der Waals surface area contributed by atoms with Crippen molar-refractivity contribution < 1.29 is 9.53 Å². The first kappa shape index (κ1) is 21.0. The number of hydrogen-bond donors (Lipinski definition) is 1. The van der Waals surface area contributed by atoms with Gasteiger partial charge in [-0.25, -0.2) is 4.79 Å². The van der Waals surface area contributed by atoms with Gasteiger partial charge in [-0.2, -0.15) is 0 Å². The standard InChI is InChI=1S/C22H23Br2ClN2O2/c1-2-29-22(28)27-8-5-13(6-9-27)20-16-12-18(24)19(25)11-14(16)10-17(23)15-4-3-7-26-21(15)20/h3-4,7,10-13,20-21,26H,2,5-6,8-9H2,1H3. The zero-order valence-electron chi connectivity index (χ0n) is 16.1. The van der Waals surface area contributed by atoms with Gasteiger partial charge in [0.15, 0.2) is 0 Å². The van der Waals surface area contributed by atoms with Gasteiger partial charge in [-0.1, -0.05) is 33.6 Å². The van der Waals surface area contributed by atoms with Gasteiger partial charge in [-0.15, -0.1) is 0 Å². The number of nitrogens with zero attached hydrogens (tertiary/aromatic N) is 1. The maximum absolute atomic E-state index is 12.1. The molecule has 0 bridgehead atoms. The number of fused-ring (bicyclic) bond motifs is 2. The van der Waals surface area contributed by atoms with Gasteiger partial charge in [0, 0.05) is 28.0 Å². The molecule has 1 fully saturated rings. The van der Waals surface area contributed by atoms with E-state index in [1.807, 2.05) is 30.2 Å². The lowest BCUT2D eigenvalue weighted by Crippen LogP contribution is -2.44. The monoisotopic (exact) mass is 540 g/mol. The van der Waals surface area contributed by atoms with Crippen LogP contribution in [0.2, 0.25) is 5.02 Å². The second kappa shape index (κ2) is 8.86. The molecule has 4 nitrogen and oxygen atoms in total. The molecule has 2 atom stereocenters. The van der Waals surface area contributed by atoms with Crippen LogP contribution in [0.25, 0.3) is 6.08 Å². The summed E-state index contributed by atoms with van der Waals surface area (Å²) in [5.41, 5.74) is 3.66. The number of nitrogens with one attached hydrogen (secondary N) is 1. The topological polar surface area (TPSA) is 41.6 Å². The van der Waals surface area contributed by atoms with Gasteiger partial charge in [-0.3, -0.25) is 0 Å². The minimum Gasteiger partial charge on any atom is -0.450 e. The number of carbonyl (C=O) groups is 1. The highest BCUT2D eigenvalue weighted by Gasteiger charge is 2.39. The van der Waals surface area contributed by atoms with Crippen LogP contribution in [0, 0.1) is 5.92 Å².